The number of nitrogens with zero attached hydrogens (tertiary/aromatic N) is 1. The van der Waals surface area contributed by atoms with E-state index < -0.39 is 6.04 Å². The smallest absolute Gasteiger partial charge is 0.243 e. The van der Waals surface area contributed by atoms with E-state index in [0.717, 1.165) is 24.0 Å². The third-order valence-electron chi connectivity index (χ3n) is 5.64. The second kappa shape index (κ2) is 12.2. The number of aryl methyl sites for hydroxylation is 2. The predicted molar refractivity (Wildman–Crippen MR) is 123 cm³/mol. The van der Waals surface area contributed by atoms with Crippen LogP contribution in [0, 0.1) is 0 Å². The van der Waals surface area contributed by atoms with Gasteiger partial charge in [-0.1, -0.05) is 75.4 Å². The first-order valence-electron chi connectivity index (χ1n) is 11.2. The number of nitrogens with one attached hydrogen (secondary N) is 1. The van der Waals surface area contributed by atoms with Crippen LogP contribution in [0.5, 0.6) is 0 Å². The molecule has 30 heavy (non-hydrogen) atoms. The number of hydrogen-bond donors (Lipinski definition) is 1. The van der Waals surface area contributed by atoms with Gasteiger partial charge in [-0.3, -0.25) is 9.59 Å². The lowest BCUT2D eigenvalue weighted by Crippen LogP contribution is -2.50. The number of rotatable bonds is 11. The van der Waals surface area contributed by atoms with Gasteiger partial charge in [0, 0.05) is 19.0 Å². The molecule has 4 heteroatoms. The topological polar surface area (TPSA) is 49.4 Å². The molecule has 4 nitrogen and oxygen atoms in total. The summed E-state index contributed by atoms with van der Waals surface area (Å²) < 4.78 is 0. The molecule has 2 amide bonds. The van der Waals surface area contributed by atoms with Crippen LogP contribution in [0.25, 0.3) is 0 Å². The predicted octanol–water partition coefficient (Wildman–Crippen LogP) is 4.90. The Morgan fingerprint density at radius 2 is 1.50 bits per heavy atom. The van der Waals surface area contributed by atoms with Crippen LogP contribution in [0.3, 0.4) is 0 Å². The molecule has 2 rings (SSSR count). The normalized spacial score (nSPS) is 12.8. The first kappa shape index (κ1) is 23.7. The van der Waals surface area contributed by atoms with Crippen LogP contribution in [0.2, 0.25) is 0 Å². The third-order valence-corrected chi connectivity index (χ3v) is 5.64. The lowest BCUT2D eigenvalue weighted by atomic mass is 10.0. The van der Waals surface area contributed by atoms with Crippen molar-refractivity contribution in [2.75, 3.05) is 0 Å². The maximum Gasteiger partial charge on any atom is 0.243 e. The Morgan fingerprint density at radius 3 is 2.07 bits per heavy atom. The molecule has 0 aliphatic carbocycles. The van der Waals surface area contributed by atoms with Crippen molar-refractivity contribution >= 4 is 11.8 Å². The molecule has 2 aromatic rings. The summed E-state index contributed by atoms with van der Waals surface area (Å²) in [4.78, 5) is 27.9. The Labute approximate surface area is 181 Å². The van der Waals surface area contributed by atoms with Crippen molar-refractivity contribution in [3.63, 3.8) is 0 Å². The number of hydrogen-bond acceptors (Lipinski definition) is 2. The fourth-order valence-electron chi connectivity index (χ4n) is 3.48. The van der Waals surface area contributed by atoms with E-state index in [4.69, 9.17) is 0 Å². The fourth-order valence-corrected chi connectivity index (χ4v) is 3.48. The summed E-state index contributed by atoms with van der Waals surface area (Å²) in [5.41, 5.74) is 3.48. The molecule has 2 atom stereocenters. The quantitative estimate of drug-likeness (QED) is 0.575. The Morgan fingerprint density at radius 1 is 0.867 bits per heavy atom. The highest BCUT2D eigenvalue weighted by atomic mass is 16.2. The molecule has 0 aromatic heterocycles. The number of amides is 2. The monoisotopic (exact) mass is 408 g/mol. The molecule has 0 saturated carbocycles. The van der Waals surface area contributed by atoms with Gasteiger partial charge in [0.15, 0.2) is 0 Å². The summed E-state index contributed by atoms with van der Waals surface area (Å²) in [5.74, 6) is -0.0481. The Balaban J connectivity index is 2.15. The minimum absolute atomic E-state index is 0.0181. The summed E-state index contributed by atoms with van der Waals surface area (Å²) in [6, 6.07) is 18.0. The summed E-state index contributed by atoms with van der Waals surface area (Å²) in [5, 5.41) is 3.06. The van der Waals surface area contributed by atoms with E-state index >= 15 is 0 Å². The van der Waals surface area contributed by atoms with Gasteiger partial charge in [0.2, 0.25) is 11.8 Å². The molecule has 0 saturated heterocycles. The maximum atomic E-state index is 13.3. The van der Waals surface area contributed by atoms with Gasteiger partial charge in [-0.15, -0.1) is 0 Å². The van der Waals surface area contributed by atoms with E-state index in [9.17, 15) is 9.59 Å². The molecule has 0 heterocycles. The van der Waals surface area contributed by atoms with E-state index in [-0.39, 0.29) is 17.9 Å². The average Bonchev–Trinajstić information content (AvgIpc) is 2.78. The molecule has 1 N–H and O–H groups in total. The number of carbonyl (C=O) groups excluding carboxylic acids is 2. The Bertz CT molecular complexity index is 786. The lowest BCUT2D eigenvalue weighted by Gasteiger charge is -2.31. The van der Waals surface area contributed by atoms with Crippen molar-refractivity contribution in [1.29, 1.82) is 0 Å². The van der Waals surface area contributed by atoms with Crippen molar-refractivity contribution in [2.24, 2.45) is 0 Å². The summed E-state index contributed by atoms with van der Waals surface area (Å²) in [6.45, 7) is 8.59. The second-order valence-electron chi connectivity index (χ2n) is 7.92. The van der Waals surface area contributed by atoms with E-state index in [1.807, 2.05) is 51.1 Å². The van der Waals surface area contributed by atoms with Crippen LogP contribution in [0.15, 0.2) is 54.6 Å². The van der Waals surface area contributed by atoms with Gasteiger partial charge in [-0.05, 0) is 49.3 Å². The maximum absolute atomic E-state index is 13.3. The van der Waals surface area contributed by atoms with Gasteiger partial charge >= 0.3 is 0 Å². The van der Waals surface area contributed by atoms with Gasteiger partial charge in [0.05, 0.1) is 0 Å². The highest BCUT2D eigenvalue weighted by Crippen LogP contribution is 2.16. The number of benzene rings is 2. The van der Waals surface area contributed by atoms with Crippen LogP contribution in [0.1, 0.15) is 63.6 Å². The summed E-state index contributed by atoms with van der Waals surface area (Å²) >= 11 is 0. The van der Waals surface area contributed by atoms with Crippen molar-refractivity contribution in [2.45, 2.75) is 78.4 Å². The van der Waals surface area contributed by atoms with Gasteiger partial charge < -0.3 is 10.2 Å². The van der Waals surface area contributed by atoms with Gasteiger partial charge in [0.25, 0.3) is 0 Å². The van der Waals surface area contributed by atoms with Crippen molar-refractivity contribution in [3.8, 4) is 0 Å². The van der Waals surface area contributed by atoms with Crippen LogP contribution in [-0.2, 0) is 29.0 Å². The molecule has 162 valence electrons. The first-order chi connectivity index (χ1) is 14.5. The van der Waals surface area contributed by atoms with E-state index in [1.165, 1.54) is 5.56 Å². The largest absolute Gasteiger partial charge is 0.352 e. The molecule has 2 aromatic carbocycles. The molecule has 2 unspecified atom stereocenters. The highest BCUT2D eigenvalue weighted by Gasteiger charge is 2.28. The standard InChI is InChI=1S/C26H36N2O2/c1-5-20(4)27-26(30)24(7-3)28(19-23-11-9-8-10-12-23)25(29)18-17-22-15-13-21(6-2)14-16-22/h8-16,20,24H,5-7,17-19H2,1-4H3,(H,27,30). The minimum Gasteiger partial charge on any atom is -0.352 e. The zero-order chi connectivity index (χ0) is 21.9. The third kappa shape index (κ3) is 7.01. The van der Waals surface area contributed by atoms with Crippen molar-refractivity contribution in [3.05, 3.63) is 71.3 Å². The SMILES string of the molecule is CCc1ccc(CCC(=O)N(Cc2ccccc2)C(CC)C(=O)NC(C)CC)cc1. The molecule has 0 spiro atoms. The zero-order valence-corrected chi connectivity index (χ0v) is 18.9. The molecule has 0 aliphatic heterocycles. The van der Waals surface area contributed by atoms with Crippen LogP contribution in [-0.4, -0.2) is 28.8 Å². The van der Waals surface area contributed by atoms with Crippen molar-refractivity contribution < 1.29 is 9.59 Å². The van der Waals surface area contributed by atoms with Crippen LogP contribution in [0.4, 0.5) is 0 Å². The van der Waals surface area contributed by atoms with Gasteiger partial charge in [-0.25, -0.2) is 0 Å². The average molecular weight is 409 g/mol. The molecule has 0 aliphatic rings. The van der Waals surface area contributed by atoms with Gasteiger partial charge in [0.1, 0.15) is 6.04 Å². The number of carbonyl (C=O) groups is 2. The lowest BCUT2D eigenvalue weighted by molar-refractivity contribution is -0.141. The molecular formula is C26H36N2O2. The molecule has 0 radical (unpaired) electrons. The second-order valence-corrected chi connectivity index (χ2v) is 7.92. The van der Waals surface area contributed by atoms with Crippen LogP contribution < -0.4 is 5.32 Å². The first-order valence-corrected chi connectivity index (χ1v) is 11.2. The highest BCUT2D eigenvalue weighted by molar-refractivity contribution is 5.87. The Kier molecular flexibility index (Phi) is 9.59. The zero-order valence-electron chi connectivity index (χ0n) is 18.9. The minimum atomic E-state index is -0.464. The van der Waals surface area contributed by atoms with E-state index in [0.29, 0.717) is 25.8 Å². The Hall–Kier alpha value is -2.62. The fraction of sp³-hybridized carbons (Fsp3) is 0.462. The van der Waals surface area contributed by atoms with E-state index in [1.54, 1.807) is 4.90 Å². The van der Waals surface area contributed by atoms with E-state index in [2.05, 4.69) is 36.5 Å². The molecule has 0 fully saturated rings. The molecular weight excluding hydrogens is 372 g/mol. The molecule has 0 bridgehead atoms. The van der Waals surface area contributed by atoms with Crippen LogP contribution >= 0.6 is 0 Å². The van der Waals surface area contributed by atoms with Crippen molar-refractivity contribution in [1.82, 2.24) is 10.2 Å². The summed E-state index contributed by atoms with van der Waals surface area (Å²) in [7, 11) is 0. The summed E-state index contributed by atoms with van der Waals surface area (Å²) in [6.07, 6.45) is 3.53. The van der Waals surface area contributed by atoms with Gasteiger partial charge in [-0.2, -0.15) is 0 Å².